The van der Waals surface area contributed by atoms with Gasteiger partial charge in [-0.25, -0.2) is 0 Å². The second kappa shape index (κ2) is 3.97. The lowest BCUT2D eigenvalue weighted by molar-refractivity contribution is -0.146. The lowest BCUT2D eigenvalue weighted by Gasteiger charge is -2.31. The smallest absolute Gasteiger partial charge is 0.308 e. The fourth-order valence-corrected chi connectivity index (χ4v) is 5.24. The first kappa shape index (κ1) is 11.7. The van der Waals surface area contributed by atoms with Gasteiger partial charge in [0.15, 0.2) is 0 Å². The molecule has 5 atom stereocenters. The highest BCUT2D eigenvalue weighted by molar-refractivity contribution is 5.83. The summed E-state index contributed by atoms with van der Waals surface area (Å²) in [7, 11) is 0. The molecule has 0 aromatic heterocycles. The van der Waals surface area contributed by atoms with E-state index in [1.165, 1.54) is 19.3 Å². The highest BCUT2D eigenvalue weighted by Crippen LogP contribution is 2.69. The Kier molecular flexibility index (Phi) is 2.45. The van der Waals surface area contributed by atoms with Gasteiger partial charge in [0.1, 0.15) is 0 Å². The fraction of sp³-hybridized carbons (Fsp3) is 0.867. The maximum Gasteiger partial charge on any atom is 0.308 e. The largest absolute Gasteiger partial charge is 0.481 e. The Morgan fingerprint density at radius 1 is 1.05 bits per heavy atom. The zero-order chi connectivity index (χ0) is 13.1. The van der Waals surface area contributed by atoms with E-state index in [4.69, 9.17) is 5.11 Å². The summed E-state index contributed by atoms with van der Waals surface area (Å²) >= 11 is 0. The number of fused-ring (bicyclic) bond motifs is 5. The van der Waals surface area contributed by atoms with E-state index in [0.29, 0.717) is 18.4 Å². The minimum atomic E-state index is -0.742. The lowest BCUT2D eigenvalue weighted by atomic mass is 9.96. The number of nitrogens with zero attached hydrogens (tertiary/aromatic N) is 1. The number of rotatable bonds is 2. The summed E-state index contributed by atoms with van der Waals surface area (Å²) in [4.78, 5) is 25.5. The third kappa shape index (κ3) is 1.65. The Bertz CT molecular complexity index is 419. The lowest BCUT2D eigenvalue weighted by Crippen LogP contribution is -2.43. The van der Waals surface area contributed by atoms with Crippen LogP contribution in [0.25, 0.3) is 0 Å². The summed E-state index contributed by atoms with van der Waals surface area (Å²) in [5.41, 5.74) is 0. The molecule has 1 saturated heterocycles. The normalized spacial score (nSPS) is 47.1. The molecule has 4 fully saturated rings. The second-order valence-corrected chi connectivity index (χ2v) is 6.98. The van der Waals surface area contributed by atoms with E-state index in [1.54, 1.807) is 0 Å². The Hall–Kier alpha value is -1.06. The molecule has 2 bridgehead atoms. The summed E-state index contributed by atoms with van der Waals surface area (Å²) in [6, 6.07) is 0. The second-order valence-electron chi connectivity index (χ2n) is 6.98. The van der Waals surface area contributed by atoms with E-state index in [0.717, 1.165) is 31.2 Å². The Morgan fingerprint density at radius 3 is 2.37 bits per heavy atom. The molecule has 1 N–H and O–H groups in total. The van der Waals surface area contributed by atoms with Crippen LogP contribution in [0.3, 0.4) is 0 Å². The van der Waals surface area contributed by atoms with Gasteiger partial charge in [0.2, 0.25) is 5.91 Å². The predicted molar refractivity (Wildman–Crippen MR) is 68.2 cm³/mol. The van der Waals surface area contributed by atoms with Gasteiger partial charge in [-0.1, -0.05) is 0 Å². The molecule has 1 heterocycles. The molecule has 1 amide bonds. The summed E-state index contributed by atoms with van der Waals surface area (Å²) in [5, 5.41) is 9.11. The van der Waals surface area contributed by atoms with Crippen LogP contribution in [0.1, 0.15) is 32.1 Å². The van der Waals surface area contributed by atoms with Gasteiger partial charge in [0.05, 0.1) is 5.92 Å². The van der Waals surface area contributed by atoms with Crippen LogP contribution in [-0.4, -0.2) is 35.0 Å². The van der Waals surface area contributed by atoms with Crippen molar-refractivity contribution in [2.75, 3.05) is 13.1 Å². The number of hydrogen-bond donors (Lipinski definition) is 1. The van der Waals surface area contributed by atoms with Crippen molar-refractivity contribution in [2.45, 2.75) is 32.1 Å². The quantitative estimate of drug-likeness (QED) is 0.823. The van der Waals surface area contributed by atoms with E-state index < -0.39 is 5.97 Å². The van der Waals surface area contributed by atoms with Gasteiger partial charge < -0.3 is 10.0 Å². The molecule has 0 aromatic carbocycles. The van der Waals surface area contributed by atoms with Crippen LogP contribution in [-0.2, 0) is 9.59 Å². The fourth-order valence-electron chi connectivity index (χ4n) is 5.24. The minimum Gasteiger partial charge on any atom is -0.481 e. The molecule has 4 unspecified atom stereocenters. The molecule has 4 nitrogen and oxygen atoms in total. The van der Waals surface area contributed by atoms with Gasteiger partial charge >= 0.3 is 5.97 Å². The molecule has 3 saturated carbocycles. The molecular formula is C15H21NO3. The minimum absolute atomic E-state index is 0.263. The molecule has 4 aliphatic rings. The zero-order valence-electron chi connectivity index (χ0n) is 11.1. The number of carbonyl (C=O) groups is 2. The third-order valence-electron chi connectivity index (χ3n) is 6.10. The van der Waals surface area contributed by atoms with E-state index in [-0.39, 0.29) is 17.7 Å². The highest BCUT2D eigenvalue weighted by Gasteiger charge is 2.68. The maximum absolute atomic E-state index is 12.6. The molecular weight excluding hydrogens is 242 g/mol. The van der Waals surface area contributed by atoms with E-state index in [1.807, 2.05) is 4.90 Å². The van der Waals surface area contributed by atoms with Crippen molar-refractivity contribution in [3.8, 4) is 0 Å². The standard InChI is InChI=1S/C15H21NO3/c17-14(16-5-1-2-10(7-16)15(18)19)13-11-8-3-4-9(6-8)12(11)13/h8-13H,1-7H2,(H,18,19)/t8?,9?,10-,11?,12?,13?/m0/s1. The molecule has 104 valence electrons. The molecule has 1 aliphatic heterocycles. The molecule has 4 rings (SSSR count). The van der Waals surface area contributed by atoms with E-state index >= 15 is 0 Å². The van der Waals surface area contributed by atoms with Crippen LogP contribution >= 0.6 is 0 Å². The third-order valence-corrected chi connectivity index (χ3v) is 6.10. The monoisotopic (exact) mass is 263 g/mol. The van der Waals surface area contributed by atoms with Crippen LogP contribution in [0.15, 0.2) is 0 Å². The van der Waals surface area contributed by atoms with E-state index in [2.05, 4.69) is 0 Å². The van der Waals surface area contributed by atoms with Crippen LogP contribution in [0, 0.1) is 35.5 Å². The first-order valence-corrected chi connectivity index (χ1v) is 7.68. The average molecular weight is 263 g/mol. The van der Waals surface area contributed by atoms with Crippen molar-refractivity contribution in [1.29, 1.82) is 0 Å². The summed E-state index contributed by atoms with van der Waals surface area (Å²) in [5.74, 6) is 2.40. The predicted octanol–water partition coefficient (Wildman–Crippen LogP) is 1.60. The van der Waals surface area contributed by atoms with Gasteiger partial charge in [0.25, 0.3) is 0 Å². The summed E-state index contributed by atoms with van der Waals surface area (Å²) < 4.78 is 0. The molecule has 4 heteroatoms. The van der Waals surface area contributed by atoms with Crippen LogP contribution in [0.5, 0.6) is 0 Å². The number of amides is 1. The maximum atomic E-state index is 12.6. The number of carbonyl (C=O) groups excluding carboxylic acids is 1. The summed E-state index contributed by atoms with van der Waals surface area (Å²) in [6.07, 6.45) is 5.58. The van der Waals surface area contributed by atoms with Crippen molar-refractivity contribution < 1.29 is 14.7 Å². The van der Waals surface area contributed by atoms with Gasteiger partial charge in [-0.3, -0.25) is 9.59 Å². The van der Waals surface area contributed by atoms with Gasteiger partial charge in [0, 0.05) is 19.0 Å². The number of aliphatic carboxylic acids is 1. The first-order valence-electron chi connectivity index (χ1n) is 7.68. The van der Waals surface area contributed by atoms with Crippen molar-refractivity contribution in [2.24, 2.45) is 35.5 Å². The molecule has 0 spiro atoms. The zero-order valence-corrected chi connectivity index (χ0v) is 11.1. The molecule has 3 aliphatic carbocycles. The number of carboxylic acid groups (broad SMARTS) is 1. The number of carboxylic acids is 1. The summed E-state index contributed by atoms with van der Waals surface area (Å²) in [6.45, 7) is 1.22. The van der Waals surface area contributed by atoms with Crippen molar-refractivity contribution in [1.82, 2.24) is 4.90 Å². The van der Waals surface area contributed by atoms with Crippen molar-refractivity contribution in [3.05, 3.63) is 0 Å². The van der Waals surface area contributed by atoms with Gasteiger partial charge in [-0.05, 0) is 55.8 Å². The average Bonchev–Trinajstić information content (AvgIpc) is 2.85. The SMILES string of the molecule is O=C(O)[C@H]1CCCN(C(=O)C2C3C4CCC(C4)C23)C1. The Morgan fingerprint density at radius 2 is 1.74 bits per heavy atom. The number of piperidine rings is 1. The van der Waals surface area contributed by atoms with Crippen LogP contribution in [0.4, 0.5) is 0 Å². The number of hydrogen-bond acceptors (Lipinski definition) is 2. The number of likely N-dealkylation sites (tertiary alicyclic amines) is 1. The van der Waals surface area contributed by atoms with Gasteiger partial charge in [-0.2, -0.15) is 0 Å². The van der Waals surface area contributed by atoms with Crippen molar-refractivity contribution in [3.63, 3.8) is 0 Å². The Balaban J connectivity index is 1.43. The Labute approximate surface area is 113 Å². The molecule has 0 radical (unpaired) electrons. The van der Waals surface area contributed by atoms with Crippen molar-refractivity contribution >= 4 is 11.9 Å². The van der Waals surface area contributed by atoms with Crippen LogP contribution < -0.4 is 0 Å². The molecule has 19 heavy (non-hydrogen) atoms. The first-order chi connectivity index (χ1) is 9.16. The molecule has 0 aromatic rings. The highest BCUT2D eigenvalue weighted by atomic mass is 16.4. The van der Waals surface area contributed by atoms with Crippen LogP contribution in [0.2, 0.25) is 0 Å². The van der Waals surface area contributed by atoms with Gasteiger partial charge in [-0.15, -0.1) is 0 Å². The topological polar surface area (TPSA) is 57.6 Å². The van der Waals surface area contributed by atoms with E-state index in [9.17, 15) is 9.59 Å².